The van der Waals surface area contributed by atoms with E-state index in [0.29, 0.717) is 10.1 Å². The van der Waals surface area contributed by atoms with E-state index in [1.165, 1.54) is 9.13 Å². The summed E-state index contributed by atoms with van der Waals surface area (Å²) >= 11 is 1.96. The van der Waals surface area contributed by atoms with Gasteiger partial charge in [0.1, 0.15) is 0 Å². The second kappa shape index (κ2) is 5.32. The molecule has 0 atom stereocenters. The van der Waals surface area contributed by atoms with Crippen LogP contribution >= 0.6 is 22.6 Å². The summed E-state index contributed by atoms with van der Waals surface area (Å²) in [6, 6.07) is 5.96. The van der Waals surface area contributed by atoms with Crippen molar-refractivity contribution >= 4 is 22.6 Å². The number of hydrogen-bond donors (Lipinski definition) is 0. The normalized spacial score (nSPS) is 10.7. The molecule has 1 aromatic heterocycles. The Bertz CT molecular complexity index is 690. The minimum atomic E-state index is -0.284. The summed E-state index contributed by atoms with van der Waals surface area (Å²) < 4.78 is 3.28. The Hall–Kier alpha value is -1.37. The molecule has 1 aromatic carbocycles. The fraction of sp³-hybridized carbons (Fsp3) is 0.286. The van der Waals surface area contributed by atoms with Crippen LogP contribution in [0.25, 0.3) is 0 Å². The van der Waals surface area contributed by atoms with Gasteiger partial charge in [-0.15, -0.1) is 0 Å². The SMILES string of the molecule is Cc1cccc(C)c1Cn1c(=O)c(I)cn(C)c1=O. The van der Waals surface area contributed by atoms with Crippen molar-refractivity contribution in [1.82, 2.24) is 9.13 Å². The quantitative estimate of drug-likeness (QED) is 0.757. The fourth-order valence-corrected chi connectivity index (χ4v) is 2.79. The van der Waals surface area contributed by atoms with Crippen LogP contribution in [-0.4, -0.2) is 9.13 Å². The Morgan fingerprint density at radius 1 is 1.16 bits per heavy atom. The molecule has 5 heteroatoms. The lowest BCUT2D eigenvalue weighted by atomic mass is 10.0. The molecule has 0 aliphatic rings. The van der Waals surface area contributed by atoms with Crippen LogP contribution in [-0.2, 0) is 13.6 Å². The summed E-state index contributed by atoms with van der Waals surface area (Å²) in [4.78, 5) is 24.2. The molecule has 0 aliphatic carbocycles. The second-order valence-corrected chi connectivity index (χ2v) is 5.79. The molecule has 0 spiro atoms. The first-order chi connectivity index (χ1) is 8.91. The predicted molar refractivity (Wildman–Crippen MR) is 83.7 cm³/mol. The van der Waals surface area contributed by atoms with E-state index in [4.69, 9.17) is 0 Å². The lowest BCUT2D eigenvalue weighted by Crippen LogP contribution is -2.40. The summed E-state index contributed by atoms with van der Waals surface area (Å²) in [5.41, 5.74) is 2.70. The topological polar surface area (TPSA) is 44.0 Å². The zero-order chi connectivity index (χ0) is 14.2. The van der Waals surface area contributed by atoms with Gasteiger partial charge in [-0.3, -0.25) is 9.36 Å². The van der Waals surface area contributed by atoms with Gasteiger partial charge in [0.25, 0.3) is 5.56 Å². The van der Waals surface area contributed by atoms with E-state index in [9.17, 15) is 9.59 Å². The van der Waals surface area contributed by atoms with Crippen LogP contribution in [0.5, 0.6) is 0 Å². The number of halogens is 1. The van der Waals surface area contributed by atoms with Crippen molar-refractivity contribution in [2.45, 2.75) is 20.4 Å². The number of aryl methyl sites for hydroxylation is 3. The lowest BCUT2D eigenvalue weighted by molar-refractivity contribution is 0.630. The molecule has 4 nitrogen and oxygen atoms in total. The number of nitrogens with zero attached hydrogens (tertiary/aromatic N) is 2. The van der Waals surface area contributed by atoms with Gasteiger partial charge in [-0.05, 0) is 53.1 Å². The first-order valence-electron chi connectivity index (χ1n) is 5.93. The molecular weight excluding hydrogens is 355 g/mol. The van der Waals surface area contributed by atoms with Gasteiger partial charge in [-0.2, -0.15) is 0 Å². The minimum Gasteiger partial charge on any atom is -0.302 e. The van der Waals surface area contributed by atoms with E-state index in [-0.39, 0.29) is 11.2 Å². The van der Waals surface area contributed by atoms with Gasteiger partial charge in [0.15, 0.2) is 0 Å². The maximum atomic E-state index is 12.1. The number of aromatic nitrogens is 2. The lowest BCUT2D eigenvalue weighted by Gasteiger charge is -2.12. The molecule has 0 aliphatic heterocycles. The van der Waals surface area contributed by atoms with Gasteiger partial charge >= 0.3 is 5.69 Å². The van der Waals surface area contributed by atoms with Gasteiger partial charge in [0.05, 0.1) is 10.1 Å². The molecule has 0 bridgehead atoms. The highest BCUT2D eigenvalue weighted by molar-refractivity contribution is 14.1. The van der Waals surface area contributed by atoms with E-state index in [1.54, 1.807) is 13.2 Å². The number of rotatable bonds is 2. The predicted octanol–water partition coefficient (Wildman–Crippen LogP) is 1.82. The highest BCUT2D eigenvalue weighted by atomic mass is 127. The largest absolute Gasteiger partial charge is 0.331 e. The number of hydrogen-bond acceptors (Lipinski definition) is 2. The summed E-state index contributed by atoms with van der Waals surface area (Å²) in [6.07, 6.45) is 1.56. The smallest absolute Gasteiger partial charge is 0.302 e. The molecule has 1 heterocycles. The van der Waals surface area contributed by atoms with Gasteiger partial charge in [-0.25, -0.2) is 4.79 Å². The van der Waals surface area contributed by atoms with Crippen LogP contribution in [0, 0.1) is 17.4 Å². The van der Waals surface area contributed by atoms with Crippen molar-refractivity contribution in [3.05, 3.63) is 65.5 Å². The van der Waals surface area contributed by atoms with Crippen LogP contribution in [0.3, 0.4) is 0 Å². The molecule has 0 saturated carbocycles. The van der Waals surface area contributed by atoms with E-state index in [2.05, 4.69) is 0 Å². The van der Waals surface area contributed by atoms with Crippen molar-refractivity contribution in [2.24, 2.45) is 7.05 Å². The summed E-state index contributed by atoms with van der Waals surface area (Å²) in [5, 5.41) is 0. The van der Waals surface area contributed by atoms with E-state index >= 15 is 0 Å². The summed E-state index contributed by atoms with van der Waals surface area (Å²) in [6.45, 7) is 4.30. The van der Waals surface area contributed by atoms with Crippen LogP contribution in [0.2, 0.25) is 0 Å². The van der Waals surface area contributed by atoms with Crippen LogP contribution in [0.1, 0.15) is 16.7 Å². The van der Waals surface area contributed by atoms with Crippen molar-refractivity contribution in [3.8, 4) is 0 Å². The van der Waals surface area contributed by atoms with Gasteiger partial charge in [-0.1, -0.05) is 18.2 Å². The highest BCUT2D eigenvalue weighted by Crippen LogP contribution is 2.13. The molecule has 0 fully saturated rings. The van der Waals surface area contributed by atoms with Crippen molar-refractivity contribution < 1.29 is 0 Å². The first-order valence-corrected chi connectivity index (χ1v) is 7.00. The van der Waals surface area contributed by atoms with E-state index in [0.717, 1.165) is 16.7 Å². The standard InChI is InChI=1S/C14H15IN2O2/c1-9-5-4-6-10(2)11(9)7-17-13(18)12(15)8-16(3)14(17)19/h4-6,8H,7H2,1-3H3. The second-order valence-electron chi connectivity index (χ2n) is 4.63. The van der Waals surface area contributed by atoms with E-state index in [1.807, 2.05) is 54.6 Å². The minimum absolute atomic E-state index is 0.230. The Balaban J connectivity index is 2.63. The zero-order valence-corrected chi connectivity index (χ0v) is 13.3. The van der Waals surface area contributed by atoms with Gasteiger partial charge in [0.2, 0.25) is 0 Å². The van der Waals surface area contributed by atoms with Crippen molar-refractivity contribution in [1.29, 1.82) is 0 Å². The van der Waals surface area contributed by atoms with Crippen molar-refractivity contribution in [3.63, 3.8) is 0 Å². The Kier molecular flexibility index (Phi) is 3.93. The molecule has 100 valence electrons. The average Bonchev–Trinajstić information content (AvgIpc) is 2.35. The summed E-state index contributed by atoms with van der Waals surface area (Å²) in [7, 11) is 1.66. The Labute approximate surface area is 124 Å². The van der Waals surface area contributed by atoms with Crippen LogP contribution in [0.15, 0.2) is 34.0 Å². The molecule has 0 amide bonds. The van der Waals surface area contributed by atoms with Crippen molar-refractivity contribution in [2.75, 3.05) is 0 Å². The molecule has 0 unspecified atom stereocenters. The van der Waals surface area contributed by atoms with Crippen LogP contribution in [0.4, 0.5) is 0 Å². The maximum Gasteiger partial charge on any atom is 0.331 e. The third-order valence-corrected chi connectivity index (χ3v) is 3.99. The zero-order valence-electron chi connectivity index (χ0n) is 11.1. The Morgan fingerprint density at radius 2 is 1.74 bits per heavy atom. The molecule has 0 radical (unpaired) electrons. The fourth-order valence-electron chi connectivity index (χ4n) is 2.08. The third-order valence-electron chi connectivity index (χ3n) is 3.25. The van der Waals surface area contributed by atoms with Gasteiger partial charge < -0.3 is 4.57 Å². The highest BCUT2D eigenvalue weighted by Gasteiger charge is 2.10. The third kappa shape index (κ3) is 2.65. The Morgan fingerprint density at radius 3 is 2.32 bits per heavy atom. The molecule has 19 heavy (non-hydrogen) atoms. The van der Waals surface area contributed by atoms with E-state index < -0.39 is 0 Å². The monoisotopic (exact) mass is 370 g/mol. The maximum absolute atomic E-state index is 12.1. The average molecular weight is 370 g/mol. The van der Waals surface area contributed by atoms with Crippen LogP contribution < -0.4 is 11.2 Å². The molecule has 2 aromatic rings. The molecule has 2 rings (SSSR count). The first kappa shape index (κ1) is 14.0. The summed E-state index contributed by atoms with van der Waals surface area (Å²) in [5.74, 6) is 0. The number of benzene rings is 1. The molecule has 0 saturated heterocycles. The van der Waals surface area contributed by atoms with Gasteiger partial charge in [0, 0.05) is 13.2 Å². The molecule has 0 N–H and O–H groups in total. The molecular formula is C14H15IN2O2.